The Morgan fingerprint density at radius 2 is 1.92 bits per heavy atom. The molecule has 39 heavy (non-hydrogen) atoms. The van der Waals surface area contributed by atoms with Gasteiger partial charge in [0.15, 0.2) is 0 Å². The molecule has 1 N–H and O–H groups in total. The predicted octanol–water partition coefficient (Wildman–Crippen LogP) is 3.83. The van der Waals surface area contributed by atoms with Crippen molar-refractivity contribution in [1.29, 1.82) is 0 Å². The number of benzene rings is 2. The molecule has 1 spiro atoms. The van der Waals surface area contributed by atoms with Crippen LogP contribution in [0.4, 0.5) is 0 Å². The van der Waals surface area contributed by atoms with Crippen LogP contribution in [0.5, 0.6) is 5.75 Å². The van der Waals surface area contributed by atoms with Gasteiger partial charge in [0.2, 0.25) is 11.8 Å². The lowest BCUT2D eigenvalue weighted by molar-refractivity contribution is -0.136. The Kier molecular flexibility index (Phi) is 7.16. The number of likely N-dealkylation sites (tertiary alicyclic amines) is 1. The molecule has 2 fully saturated rings. The number of rotatable bonds is 8. The molecule has 4 heterocycles. The summed E-state index contributed by atoms with van der Waals surface area (Å²) < 4.78 is 12.5. The molecule has 6 rings (SSSR count). The van der Waals surface area contributed by atoms with Crippen LogP contribution in [0.15, 0.2) is 36.4 Å². The highest BCUT2D eigenvalue weighted by atomic mass is 16.5. The zero-order valence-electron chi connectivity index (χ0n) is 22.7. The second-order valence-corrected chi connectivity index (χ2v) is 11.4. The maximum Gasteiger partial charge on any atom is 0.255 e. The van der Waals surface area contributed by atoms with Crippen LogP contribution >= 0.6 is 0 Å². The summed E-state index contributed by atoms with van der Waals surface area (Å²) in [6.07, 6.45) is 5.87. The number of carbonyl (C=O) groups excluding carboxylic acids is 3. The lowest BCUT2D eigenvalue weighted by Gasteiger charge is -2.39. The third-order valence-corrected chi connectivity index (χ3v) is 8.84. The van der Waals surface area contributed by atoms with Gasteiger partial charge < -0.3 is 19.3 Å². The van der Waals surface area contributed by atoms with Crippen LogP contribution in [0.25, 0.3) is 0 Å². The number of piperidine rings is 2. The summed E-state index contributed by atoms with van der Waals surface area (Å²) in [5.74, 6) is -0.134. The number of amides is 3. The van der Waals surface area contributed by atoms with Gasteiger partial charge in [0.25, 0.3) is 5.91 Å². The molecule has 0 bridgehead atoms. The van der Waals surface area contributed by atoms with E-state index in [4.69, 9.17) is 9.47 Å². The van der Waals surface area contributed by atoms with Gasteiger partial charge in [0, 0.05) is 30.6 Å². The summed E-state index contributed by atoms with van der Waals surface area (Å²) in [4.78, 5) is 40.9. The van der Waals surface area contributed by atoms with Gasteiger partial charge in [-0.15, -0.1) is 0 Å². The molecular formula is C31H37N3O5. The zero-order valence-corrected chi connectivity index (χ0v) is 22.7. The van der Waals surface area contributed by atoms with Crippen LogP contribution in [0.1, 0.15) is 77.6 Å². The molecule has 0 aromatic heterocycles. The van der Waals surface area contributed by atoms with Crippen LogP contribution in [0.2, 0.25) is 0 Å². The zero-order chi connectivity index (χ0) is 27.0. The van der Waals surface area contributed by atoms with E-state index in [9.17, 15) is 14.4 Å². The number of fused-ring (bicyclic) bond motifs is 3. The highest BCUT2D eigenvalue weighted by Gasteiger charge is 2.42. The van der Waals surface area contributed by atoms with E-state index in [-0.39, 0.29) is 23.8 Å². The molecule has 8 nitrogen and oxygen atoms in total. The van der Waals surface area contributed by atoms with Crippen molar-refractivity contribution in [1.82, 2.24) is 15.1 Å². The number of carbonyl (C=O) groups is 3. The molecule has 2 aromatic carbocycles. The fourth-order valence-corrected chi connectivity index (χ4v) is 6.57. The van der Waals surface area contributed by atoms with E-state index in [0.29, 0.717) is 30.9 Å². The number of hydrogen-bond donors (Lipinski definition) is 1. The van der Waals surface area contributed by atoms with Crippen molar-refractivity contribution >= 4 is 17.7 Å². The Hall–Kier alpha value is -3.23. The fourth-order valence-electron chi connectivity index (χ4n) is 6.57. The van der Waals surface area contributed by atoms with E-state index in [1.165, 1.54) is 16.7 Å². The van der Waals surface area contributed by atoms with E-state index < -0.39 is 11.9 Å². The standard InChI is InChI=1S/C31H37N3O5/c1-21-8-9-22-20-39-31(25(22)18-21)12-15-33(16-13-31)14-3-2-4-17-38-27-7-5-6-23-24(27)19-34(30(23)37)26-10-11-28(35)32-29(26)36/h5-9,18,26H,2-4,10-17,19-20H2,1H3,(H,32,35,36). The molecule has 206 valence electrons. The number of nitrogens with one attached hydrogen (secondary N) is 1. The van der Waals surface area contributed by atoms with Gasteiger partial charge >= 0.3 is 0 Å². The van der Waals surface area contributed by atoms with Gasteiger partial charge in [-0.05, 0) is 75.3 Å². The van der Waals surface area contributed by atoms with Crippen LogP contribution in [-0.2, 0) is 33.1 Å². The maximum atomic E-state index is 13.0. The maximum absolute atomic E-state index is 13.0. The van der Waals surface area contributed by atoms with Gasteiger partial charge in [0.1, 0.15) is 11.8 Å². The first-order valence-corrected chi connectivity index (χ1v) is 14.3. The van der Waals surface area contributed by atoms with Crippen molar-refractivity contribution in [3.05, 3.63) is 64.2 Å². The first kappa shape index (κ1) is 26.0. The monoisotopic (exact) mass is 531 g/mol. The van der Waals surface area contributed by atoms with Crippen molar-refractivity contribution in [2.45, 2.75) is 76.7 Å². The van der Waals surface area contributed by atoms with Gasteiger partial charge in [-0.1, -0.05) is 29.8 Å². The summed E-state index contributed by atoms with van der Waals surface area (Å²) in [7, 11) is 0. The summed E-state index contributed by atoms with van der Waals surface area (Å²) in [5, 5.41) is 2.35. The third-order valence-electron chi connectivity index (χ3n) is 8.84. The number of unbranched alkanes of at least 4 members (excludes halogenated alkanes) is 2. The Balaban J connectivity index is 0.940. The number of nitrogens with zero attached hydrogens (tertiary/aromatic N) is 2. The second kappa shape index (κ2) is 10.7. The summed E-state index contributed by atoms with van der Waals surface area (Å²) in [6.45, 7) is 7.05. The summed E-state index contributed by atoms with van der Waals surface area (Å²) in [6, 6.07) is 11.6. The number of hydrogen-bond acceptors (Lipinski definition) is 6. The molecule has 2 aromatic rings. The Morgan fingerprint density at radius 3 is 2.74 bits per heavy atom. The minimum atomic E-state index is -0.612. The molecule has 0 saturated carbocycles. The average Bonchev–Trinajstić information content (AvgIpc) is 3.45. The third kappa shape index (κ3) is 5.08. The fraction of sp³-hybridized carbons (Fsp3) is 0.516. The van der Waals surface area contributed by atoms with Crippen molar-refractivity contribution in [2.24, 2.45) is 0 Å². The van der Waals surface area contributed by atoms with Gasteiger partial charge in [-0.2, -0.15) is 0 Å². The van der Waals surface area contributed by atoms with E-state index in [1.807, 2.05) is 12.1 Å². The Morgan fingerprint density at radius 1 is 1.08 bits per heavy atom. The Labute approximate surface area is 229 Å². The first-order valence-electron chi connectivity index (χ1n) is 14.3. The van der Waals surface area contributed by atoms with E-state index in [0.717, 1.165) is 63.9 Å². The highest BCUT2D eigenvalue weighted by Crippen LogP contribution is 2.44. The number of ether oxygens (including phenoxy) is 2. The molecule has 4 aliphatic rings. The van der Waals surface area contributed by atoms with Gasteiger partial charge in [-0.3, -0.25) is 19.7 Å². The number of aryl methyl sites for hydroxylation is 1. The quantitative estimate of drug-likeness (QED) is 0.412. The largest absolute Gasteiger partial charge is 0.493 e. The van der Waals surface area contributed by atoms with E-state index >= 15 is 0 Å². The van der Waals surface area contributed by atoms with Crippen LogP contribution in [0.3, 0.4) is 0 Å². The molecule has 0 aliphatic carbocycles. The van der Waals surface area contributed by atoms with Crippen molar-refractivity contribution in [2.75, 3.05) is 26.2 Å². The van der Waals surface area contributed by atoms with E-state index in [2.05, 4.69) is 35.3 Å². The highest BCUT2D eigenvalue weighted by molar-refractivity contribution is 6.05. The average molecular weight is 532 g/mol. The molecule has 3 amide bonds. The van der Waals surface area contributed by atoms with Crippen LogP contribution < -0.4 is 10.1 Å². The molecular weight excluding hydrogens is 494 g/mol. The SMILES string of the molecule is Cc1ccc2c(c1)C1(CCN(CCCCCOc3cccc4c3CN(C3CCC(=O)NC3=O)C4=O)CC1)OC2. The molecule has 0 radical (unpaired) electrons. The van der Waals surface area contributed by atoms with Gasteiger partial charge in [0.05, 0.1) is 25.4 Å². The lowest BCUT2D eigenvalue weighted by Crippen LogP contribution is -2.52. The topological polar surface area (TPSA) is 88.2 Å². The normalized spacial score (nSPS) is 22.2. The second-order valence-electron chi connectivity index (χ2n) is 11.4. The molecule has 8 heteroatoms. The molecule has 1 atom stereocenters. The van der Waals surface area contributed by atoms with E-state index in [1.54, 1.807) is 11.0 Å². The number of imide groups is 1. The Bertz CT molecular complexity index is 1280. The minimum absolute atomic E-state index is 0.0865. The smallest absolute Gasteiger partial charge is 0.255 e. The van der Waals surface area contributed by atoms with Crippen molar-refractivity contribution < 1.29 is 23.9 Å². The minimum Gasteiger partial charge on any atom is -0.493 e. The molecule has 2 saturated heterocycles. The molecule has 4 aliphatic heterocycles. The summed E-state index contributed by atoms with van der Waals surface area (Å²) in [5.41, 5.74) is 5.41. The van der Waals surface area contributed by atoms with Crippen molar-refractivity contribution in [3.63, 3.8) is 0 Å². The van der Waals surface area contributed by atoms with Crippen LogP contribution in [-0.4, -0.2) is 59.8 Å². The summed E-state index contributed by atoms with van der Waals surface area (Å²) >= 11 is 0. The van der Waals surface area contributed by atoms with Crippen LogP contribution in [0, 0.1) is 6.92 Å². The van der Waals surface area contributed by atoms with Crippen molar-refractivity contribution in [3.8, 4) is 5.75 Å². The predicted molar refractivity (Wildman–Crippen MR) is 145 cm³/mol. The molecule has 1 unspecified atom stereocenters. The first-order chi connectivity index (χ1) is 18.9. The van der Waals surface area contributed by atoms with Gasteiger partial charge in [-0.25, -0.2) is 0 Å². The lowest BCUT2D eigenvalue weighted by atomic mass is 9.83.